The van der Waals surface area contributed by atoms with Gasteiger partial charge in [0.1, 0.15) is 13.2 Å². The molecule has 4 rings (SSSR count). The van der Waals surface area contributed by atoms with Gasteiger partial charge in [-0.2, -0.15) is 4.31 Å². The fraction of sp³-hybridized carbons (Fsp3) is 0.600. The van der Waals surface area contributed by atoms with Crippen LogP contribution in [0.25, 0.3) is 0 Å². The van der Waals surface area contributed by atoms with Crippen molar-refractivity contribution in [3.05, 3.63) is 18.2 Å². The molecule has 0 N–H and O–H groups in total. The molecule has 2 aliphatic heterocycles. The first-order valence-electron chi connectivity index (χ1n) is 7.58. The summed E-state index contributed by atoms with van der Waals surface area (Å²) in [6.45, 7) is 1.61. The minimum atomic E-state index is -3.43. The highest BCUT2D eigenvalue weighted by atomic mass is 32.2. The number of hydrogen-bond donors (Lipinski definition) is 0. The Morgan fingerprint density at radius 2 is 1.81 bits per heavy atom. The van der Waals surface area contributed by atoms with Crippen LogP contribution in [0.1, 0.15) is 25.7 Å². The number of ether oxygens (including phenoxy) is 2. The first-order chi connectivity index (χ1) is 10.2. The molecular weight excluding hydrogens is 290 g/mol. The van der Waals surface area contributed by atoms with Crippen LogP contribution in [0.3, 0.4) is 0 Å². The van der Waals surface area contributed by atoms with Gasteiger partial charge in [0.2, 0.25) is 10.0 Å². The van der Waals surface area contributed by atoms with Crippen molar-refractivity contribution in [2.75, 3.05) is 19.8 Å². The predicted octanol–water partition coefficient (Wildman–Crippen LogP) is 2.02. The summed E-state index contributed by atoms with van der Waals surface area (Å²) in [5, 5.41) is 0. The summed E-state index contributed by atoms with van der Waals surface area (Å²) in [5.41, 5.74) is 0. The average Bonchev–Trinajstić information content (AvgIpc) is 3.23. The van der Waals surface area contributed by atoms with Crippen molar-refractivity contribution < 1.29 is 17.9 Å². The van der Waals surface area contributed by atoms with E-state index in [4.69, 9.17) is 9.47 Å². The third kappa shape index (κ3) is 2.30. The van der Waals surface area contributed by atoms with Gasteiger partial charge >= 0.3 is 0 Å². The van der Waals surface area contributed by atoms with Crippen LogP contribution in [0.2, 0.25) is 0 Å². The molecule has 1 saturated carbocycles. The molecule has 1 unspecified atom stereocenters. The molecule has 1 aliphatic carbocycles. The molecule has 2 fully saturated rings. The highest BCUT2D eigenvalue weighted by Gasteiger charge is 2.43. The second-order valence-electron chi connectivity index (χ2n) is 5.97. The molecule has 0 spiro atoms. The van der Waals surface area contributed by atoms with Crippen LogP contribution in [0, 0.1) is 5.92 Å². The van der Waals surface area contributed by atoms with Crippen molar-refractivity contribution >= 4 is 10.0 Å². The summed E-state index contributed by atoms with van der Waals surface area (Å²) in [6.07, 6.45) is 4.29. The van der Waals surface area contributed by atoms with Crippen LogP contribution in [-0.2, 0) is 10.0 Å². The van der Waals surface area contributed by atoms with Gasteiger partial charge in [0.15, 0.2) is 11.5 Å². The van der Waals surface area contributed by atoms with Gasteiger partial charge < -0.3 is 9.47 Å². The Bertz CT molecular complexity index is 654. The SMILES string of the molecule is O=S(=O)(c1ccc2c(c1)OCCO2)N1CCCC1C1CC1. The van der Waals surface area contributed by atoms with E-state index in [-0.39, 0.29) is 6.04 Å². The van der Waals surface area contributed by atoms with Crippen LogP contribution in [0.4, 0.5) is 0 Å². The number of hydrogen-bond acceptors (Lipinski definition) is 4. The monoisotopic (exact) mass is 309 g/mol. The lowest BCUT2D eigenvalue weighted by Crippen LogP contribution is -2.36. The van der Waals surface area contributed by atoms with Gasteiger partial charge in [-0.1, -0.05) is 0 Å². The van der Waals surface area contributed by atoms with Crippen molar-refractivity contribution in [1.29, 1.82) is 0 Å². The molecule has 1 saturated heterocycles. The van der Waals surface area contributed by atoms with E-state index < -0.39 is 10.0 Å². The number of fused-ring (bicyclic) bond motifs is 1. The fourth-order valence-corrected chi connectivity index (χ4v) is 5.11. The first kappa shape index (κ1) is 13.4. The van der Waals surface area contributed by atoms with Crippen LogP contribution in [0.5, 0.6) is 11.5 Å². The van der Waals surface area contributed by atoms with E-state index in [1.165, 1.54) is 0 Å². The van der Waals surface area contributed by atoms with Gasteiger partial charge in [-0.15, -0.1) is 0 Å². The van der Waals surface area contributed by atoms with Crippen LogP contribution in [-0.4, -0.2) is 38.5 Å². The summed E-state index contributed by atoms with van der Waals surface area (Å²) in [5.74, 6) is 1.73. The molecular formula is C15H19NO4S. The van der Waals surface area contributed by atoms with E-state index in [0.29, 0.717) is 42.1 Å². The molecule has 5 nitrogen and oxygen atoms in total. The van der Waals surface area contributed by atoms with E-state index in [0.717, 1.165) is 25.7 Å². The maximum Gasteiger partial charge on any atom is 0.243 e. The van der Waals surface area contributed by atoms with Gasteiger partial charge in [0, 0.05) is 18.7 Å². The molecule has 1 aromatic carbocycles. The molecule has 114 valence electrons. The minimum absolute atomic E-state index is 0.197. The van der Waals surface area contributed by atoms with E-state index >= 15 is 0 Å². The quantitative estimate of drug-likeness (QED) is 0.857. The van der Waals surface area contributed by atoms with Gasteiger partial charge in [-0.25, -0.2) is 8.42 Å². The highest BCUT2D eigenvalue weighted by molar-refractivity contribution is 7.89. The summed E-state index contributed by atoms with van der Waals surface area (Å²) in [7, 11) is -3.43. The van der Waals surface area contributed by atoms with Crippen molar-refractivity contribution in [2.24, 2.45) is 5.92 Å². The molecule has 0 radical (unpaired) electrons. The van der Waals surface area contributed by atoms with Crippen molar-refractivity contribution in [2.45, 2.75) is 36.6 Å². The van der Waals surface area contributed by atoms with Crippen molar-refractivity contribution in [1.82, 2.24) is 4.31 Å². The zero-order valence-corrected chi connectivity index (χ0v) is 12.6. The Balaban J connectivity index is 1.67. The van der Waals surface area contributed by atoms with Gasteiger partial charge in [0.25, 0.3) is 0 Å². The lowest BCUT2D eigenvalue weighted by Gasteiger charge is -2.25. The highest BCUT2D eigenvalue weighted by Crippen LogP contribution is 2.43. The Hall–Kier alpha value is -1.27. The lowest BCUT2D eigenvalue weighted by molar-refractivity contribution is 0.171. The van der Waals surface area contributed by atoms with Gasteiger partial charge in [-0.05, 0) is 43.7 Å². The summed E-state index contributed by atoms with van der Waals surface area (Å²) in [6, 6.07) is 5.13. The van der Waals surface area contributed by atoms with Gasteiger partial charge in [-0.3, -0.25) is 0 Å². The Morgan fingerprint density at radius 1 is 1.05 bits per heavy atom. The average molecular weight is 309 g/mol. The summed E-state index contributed by atoms with van der Waals surface area (Å²) < 4.78 is 38.4. The maximum absolute atomic E-state index is 12.9. The normalized spacial score (nSPS) is 26.0. The second-order valence-corrected chi connectivity index (χ2v) is 7.86. The van der Waals surface area contributed by atoms with E-state index in [1.54, 1.807) is 22.5 Å². The Labute approximate surface area is 124 Å². The topological polar surface area (TPSA) is 55.8 Å². The van der Waals surface area contributed by atoms with Crippen LogP contribution in [0.15, 0.2) is 23.1 Å². The molecule has 0 bridgehead atoms. The smallest absolute Gasteiger partial charge is 0.243 e. The molecule has 21 heavy (non-hydrogen) atoms. The van der Waals surface area contributed by atoms with E-state index in [1.807, 2.05) is 0 Å². The van der Waals surface area contributed by atoms with E-state index in [9.17, 15) is 8.42 Å². The third-order valence-electron chi connectivity index (χ3n) is 4.53. The summed E-state index contributed by atoms with van der Waals surface area (Å²) in [4.78, 5) is 0.319. The fourth-order valence-electron chi connectivity index (χ4n) is 3.34. The molecule has 1 atom stereocenters. The number of sulfonamides is 1. The molecule has 2 heterocycles. The number of rotatable bonds is 3. The van der Waals surface area contributed by atoms with Crippen LogP contribution < -0.4 is 9.47 Å². The van der Waals surface area contributed by atoms with Crippen molar-refractivity contribution in [3.63, 3.8) is 0 Å². The zero-order chi connectivity index (χ0) is 14.4. The first-order valence-corrected chi connectivity index (χ1v) is 9.02. The minimum Gasteiger partial charge on any atom is -0.486 e. The van der Waals surface area contributed by atoms with Crippen molar-refractivity contribution in [3.8, 4) is 11.5 Å². The second kappa shape index (κ2) is 4.88. The standard InChI is InChI=1S/C15H19NO4S/c17-21(18,16-7-1-2-13(16)11-3-4-11)12-5-6-14-15(10-12)20-9-8-19-14/h5-6,10-11,13H,1-4,7-9H2. The molecule has 0 aromatic heterocycles. The van der Waals surface area contributed by atoms with Gasteiger partial charge in [0.05, 0.1) is 4.90 Å². The number of benzene rings is 1. The molecule has 0 amide bonds. The molecule has 6 heteroatoms. The zero-order valence-electron chi connectivity index (χ0n) is 11.8. The summed E-state index contributed by atoms with van der Waals surface area (Å²) >= 11 is 0. The Morgan fingerprint density at radius 3 is 2.57 bits per heavy atom. The lowest BCUT2D eigenvalue weighted by atomic mass is 10.1. The number of nitrogens with zero attached hydrogens (tertiary/aromatic N) is 1. The largest absolute Gasteiger partial charge is 0.486 e. The van der Waals surface area contributed by atoms with Crippen LogP contribution >= 0.6 is 0 Å². The predicted molar refractivity (Wildman–Crippen MR) is 77.1 cm³/mol. The molecule has 1 aromatic rings. The molecule has 3 aliphatic rings. The van der Waals surface area contributed by atoms with E-state index in [2.05, 4.69) is 0 Å². The Kier molecular flexibility index (Phi) is 3.11. The maximum atomic E-state index is 12.9. The third-order valence-corrected chi connectivity index (χ3v) is 6.46.